The Balaban J connectivity index is 0.00000256. The van der Waals surface area contributed by atoms with E-state index < -0.39 is 23.8 Å². The molecule has 0 aliphatic heterocycles. The van der Waals surface area contributed by atoms with Crippen molar-refractivity contribution >= 4 is 49.7 Å². The average molecular weight is 266 g/mol. The van der Waals surface area contributed by atoms with Crippen molar-refractivity contribution in [1.82, 2.24) is 0 Å². The first-order chi connectivity index (χ1) is 7.56. The molecule has 0 bridgehead atoms. The van der Waals surface area contributed by atoms with Crippen LogP contribution in [0.5, 0.6) is 0 Å². The maximum absolute atomic E-state index is 10.9. The minimum Gasteiger partial charge on any atom is -0.550 e. The summed E-state index contributed by atoms with van der Waals surface area (Å²) in [4.78, 5) is 21.7. The van der Waals surface area contributed by atoms with Gasteiger partial charge >= 0.3 is 37.7 Å². The van der Waals surface area contributed by atoms with Crippen molar-refractivity contribution in [2.75, 3.05) is 0 Å². The molecule has 0 spiro atoms. The van der Waals surface area contributed by atoms with Crippen LogP contribution in [0.4, 0.5) is 0 Å². The van der Waals surface area contributed by atoms with Gasteiger partial charge in [-0.25, -0.2) is 0 Å². The summed E-state index contributed by atoms with van der Waals surface area (Å²) in [5.74, 6) is -3.87. The second-order valence-corrected chi connectivity index (χ2v) is 4.67. The summed E-state index contributed by atoms with van der Waals surface area (Å²) in [5.41, 5.74) is 0. The van der Waals surface area contributed by atoms with E-state index in [0.29, 0.717) is 18.8 Å². The van der Waals surface area contributed by atoms with Crippen LogP contribution >= 0.6 is 0 Å². The molecule has 0 amide bonds. The van der Waals surface area contributed by atoms with Gasteiger partial charge in [0.1, 0.15) is 0 Å². The molecular weight excluding hydrogens is 248 g/mol. The van der Waals surface area contributed by atoms with Crippen LogP contribution in [0.1, 0.15) is 45.4 Å². The molecule has 1 saturated carbocycles. The van der Waals surface area contributed by atoms with Crippen molar-refractivity contribution in [3.8, 4) is 0 Å². The zero-order chi connectivity index (χ0) is 12.1. The van der Waals surface area contributed by atoms with Crippen molar-refractivity contribution in [1.29, 1.82) is 0 Å². The number of carbonyl (C=O) groups excluding carboxylic acids is 2. The van der Waals surface area contributed by atoms with Crippen LogP contribution in [0, 0.1) is 17.8 Å². The van der Waals surface area contributed by atoms with E-state index in [1.807, 2.05) is 0 Å². The Kier molecular flexibility index (Phi) is 8.43. The van der Waals surface area contributed by atoms with Crippen LogP contribution in [-0.2, 0) is 9.59 Å². The smallest absolute Gasteiger partial charge is 0.550 e. The monoisotopic (exact) mass is 266 g/mol. The molecule has 0 saturated heterocycles. The summed E-state index contributed by atoms with van der Waals surface area (Å²) >= 11 is 0. The molecule has 1 aliphatic carbocycles. The molecule has 0 aromatic rings. The van der Waals surface area contributed by atoms with Gasteiger partial charge in [0, 0.05) is 23.8 Å². The fraction of sp³-hybridized carbons (Fsp3) is 0.833. The first-order valence-electron chi connectivity index (χ1n) is 5.98. The molecule has 0 aromatic heterocycles. The third kappa shape index (κ3) is 5.14. The van der Waals surface area contributed by atoms with E-state index in [4.69, 9.17) is 0 Å². The maximum atomic E-state index is 10.9. The van der Waals surface area contributed by atoms with Crippen molar-refractivity contribution in [3.05, 3.63) is 0 Å². The van der Waals surface area contributed by atoms with Gasteiger partial charge in [-0.2, -0.15) is 0 Å². The van der Waals surface area contributed by atoms with Crippen LogP contribution in [0.25, 0.3) is 0 Å². The predicted molar refractivity (Wildman–Crippen MR) is 59.6 cm³/mol. The second-order valence-electron chi connectivity index (χ2n) is 4.67. The molecule has 0 radical (unpaired) electrons. The number of hydrogen-bond donors (Lipinski definition) is 0. The van der Waals surface area contributed by atoms with Gasteiger partial charge in [0.2, 0.25) is 0 Å². The first-order valence-corrected chi connectivity index (χ1v) is 5.98. The Bertz CT molecular complexity index is 267. The quantitative estimate of drug-likeness (QED) is 0.618. The number of unbranched alkanes of at least 4 members (excludes halogenated alkanes) is 1. The Morgan fingerprint density at radius 3 is 2.18 bits per heavy atom. The summed E-state index contributed by atoms with van der Waals surface area (Å²) in [6.45, 7) is 2.09. The van der Waals surface area contributed by atoms with E-state index in [-0.39, 0.29) is 37.7 Å². The average Bonchev–Trinajstić information content (AvgIpc) is 2.25. The molecule has 1 aliphatic rings. The SMILES string of the molecule is CCCCC1CCC(C(=O)[O-])C(C(=O)[O-])C1.[Ca+2]. The Morgan fingerprint density at radius 1 is 1.12 bits per heavy atom. The zero-order valence-electron chi connectivity index (χ0n) is 10.3. The van der Waals surface area contributed by atoms with Gasteiger partial charge in [-0.05, 0) is 25.2 Å². The molecular formula is C12H18CaO4. The topological polar surface area (TPSA) is 80.3 Å². The number of rotatable bonds is 5. The summed E-state index contributed by atoms with van der Waals surface area (Å²) in [6, 6.07) is 0. The molecule has 4 nitrogen and oxygen atoms in total. The molecule has 92 valence electrons. The Morgan fingerprint density at radius 2 is 1.71 bits per heavy atom. The Hall–Kier alpha value is 0.200. The molecule has 1 fully saturated rings. The van der Waals surface area contributed by atoms with E-state index in [9.17, 15) is 19.8 Å². The predicted octanol–water partition coefficient (Wildman–Crippen LogP) is -0.672. The van der Waals surface area contributed by atoms with Crippen molar-refractivity contribution in [2.24, 2.45) is 17.8 Å². The van der Waals surface area contributed by atoms with Crippen LogP contribution in [0.15, 0.2) is 0 Å². The minimum absolute atomic E-state index is 0. The van der Waals surface area contributed by atoms with E-state index >= 15 is 0 Å². The van der Waals surface area contributed by atoms with Crippen LogP contribution in [0.2, 0.25) is 0 Å². The third-order valence-corrected chi connectivity index (χ3v) is 3.53. The number of carbonyl (C=O) groups is 2. The van der Waals surface area contributed by atoms with Crippen LogP contribution < -0.4 is 10.2 Å². The number of carboxylic acid groups (broad SMARTS) is 2. The van der Waals surface area contributed by atoms with Gasteiger partial charge in [0.05, 0.1) is 0 Å². The summed E-state index contributed by atoms with van der Waals surface area (Å²) < 4.78 is 0. The van der Waals surface area contributed by atoms with Gasteiger partial charge in [-0.3, -0.25) is 0 Å². The molecule has 3 unspecified atom stereocenters. The molecule has 5 heteroatoms. The van der Waals surface area contributed by atoms with Crippen molar-refractivity contribution in [3.63, 3.8) is 0 Å². The largest absolute Gasteiger partial charge is 2.00 e. The first kappa shape index (κ1) is 17.2. The number of carboxylic acids is 2. The Labute approximate surface area is 132 Å². The summed E-state index contributed by atoms with van der Waals surface area (Å²) in [6.07, 6.45) is 4.77. The van der Waals surface area contributed by atoms with Gasteiger partial charge < -0.3 is 19.8 Å². The second kappa shape index (κ2) is 8.33. The van der Waals surface area contributed by atoms with E-state index in [1.54, 1.807) is 0 Å². The molecule has 0 N–H and O–H groups in total. The van der Waals surface area contributed by atoms with Crippen molar-refractivity contribution in [2.45, 2.75) is 45.4 Å². The van der Waals surface area contributed by atoms with Gasteiger partial charge in [-0.1, -0.05) is 26.2 Å². The standard InChI is InChI=1S/C12H20O4.Ca/c1-2-3-4-8-5-6-9(11(13)14)10(7-8)12(15)16;/h8-10H,2-7H2,1H3,(H,13,14)(H,15,16);/q;+2/p-2. The normalized spacial score (nSPS) is 28.2. The number of hydrogen-bond acceptors (Lipinski definition) is 4. The fourth-order valence-corrected chi connectivity index (χ4v) is 2.56. The van der Waals surface area contributed by atoms with E-state index in [1.165, 1.54) is 0 Å². The van der Waals surface area contributed by atoms with Gasteiger partial charge in [0.25, 0.3) is 0 Å². The van der Waals surface area contributed by atoms with Crippen LogP contribution in [-0.4, -0.2) is 49.7 Å². The van der Waals surface area contributed by atoms with Gasteiger partial charge in [-0.15, -0.1) is 0 Å². The third-order valence-electron chi connectivity index (χ3n) is 3.53. The van der Waals surface area contributed by atoms with Gasteiger partial charge in [0.15, 0.2) is 0 Å². The molecule has 1 rings (SSSR count). The van der Waals surface area contributed by atoms with Crippen LogP contribution in [0.3, 0.4) is 0 Å². The number of aliphatic carboxylic acids is 2. The zero-order valence-corrected chi connectivity index (χ0v) is 12.5. The maximum Gasteiger partial charge on any atom is 2.00 e. The van der Waals surface area contributed by atoms with E-state index in [2.05, 4.69) is 6.92 Å². The summed E-state index contributed by atoms with van der Waals surface area (Å²) in [5, 5.41) is 21.7. The van der Waals surface area contributed by atoms with E-state index in [0.717, 1.165) is 25.7 Å². The fourth-order valence-electron chi connectivity index (χ4n) is 2.56. The molecule has 0 aromatic carbocycles. The molecule has 3 atom stereocenters. The minimum atomic E-state index is -1.25. The van der Waals surface area contributed by atoms with Crippen molar-refractivity contribution < 1.29 is 19.8 Å². The molecule has 0 heterocycles. The molecule has 17 heavy (non-hydrogen) atoms. The summed E-state index contributed by atoms with van der Waals surface area (Å²) in [7, 11) is 0.